The molecule has 172 valence electrons. The molecule has 0 bridgehead atoms. The van der Waals surface area contributed by atoms with E-state index in [2.05, 4.69) is 4.99 Å². The molecule has 0 spiro atoms. The number of carbonyl (C=O) groups is 1. The number of hydrogen-bond donors (Lipinski definition) is 0. The largest absolute Gasteiger partial charge is 0.493 e. The lowest BCUT2D eigenvalue weighted by Crippen LogP contribution is -2.05. The third kappa shape index (κ3) is 5.19. The van der Waals surface area contributed by atoms with Gasteiger partial charge in [0, 0.05) is 33.3 Å². The van der Waals surface area contributed by atoms with Crippen molar-refractivity contribution in [1.82, 2.24) is 0 Å². The van der Waals surface area contributed by atoms with Gasteiger partial charge in [-0.25, -0.2) is 9.79 Å². The summed E-state index contributed by atoms with van der Waals surface area (Å²) in [4.78, 5) is 27.0. The van der Waals surface area contributed by atoms with E-state index in [4.69, 9.17) is 37.4 Å². The molecule has 3 aromatic rings. The van der Waals surface area contributed by atoms with E-state index in [1.54, 1.807) is 42.5 Å². The van der Waals surface area contributed by atoms with E-state index >= 15 is 0 Å². The Morgan fingerprint density at radius 3 is 2.65 bits per heavy atom. The number of nitro groups is 1. The highest BCUT2D eigenvalue weighted by Crippen LogP contribution is 2.31. The average molecular weight is 499 g/mol. The molecular formula is C24H16Cl2N2O6. The van der Waals surface area contributed by atoms with Gasteiger partial charge in [0.25, 0.3) is 5.69 Å². The number of hydrogen-bond acceptors (Lipinski definition) is 7. The number of rotatable bonds is 7. The average Bonchev–Trinajstić information content (AvgIpc) is 3.19. The fraction of sp³-hybridized carbons (Fsp3) is 0.0833. The molecule has 0 aliphatic carbocycles. The Bertz CT molecular complexity index is 1350. The summed E-state index contributed by atoms with van der Waals surface area (Å²) in [7, 11) is 1.50. The second-order valence-electron chi connectivity index (χ2n) is 7.08. The highest BCUT2D eigenvalue weighted by molar-refractivity contribution is 6.35. The van der Waals surface area contributed by atoms with Crippen LogP contribution in [0.25, 0.3) is 6.08 Å². The van der Waals surface area contributed by atoms with E-state index in [-0.39, 0.29) is 23.9 Å². The minimum absolute atomic E-state index is 0.00767. The first-order valence-corrected chi connectivity index (χ1v) is 10.6. The van der Waals surface area contributed by atoms with Crippen molar-refractivity contribution in [3.8, 4) is 11.5 Å². The van der Waals surface area contributed by atoms with Crippen LogP contribution in [-0.2, 0) is 16.1 Å². The number of nitro benzene ring substituents is 1. The van der Waals surface area contributed by atoms with Gasteiger partial charge in [-0.15, -0.1) is 0 Å². The lowest BCUT2D eigenvalue weighted by molar-refractivity contribution is -0.384. The van der Waals surface area contributed by atoms with Crippen molar-refractivity contribution in [2.24, 2.45) is 4.99 Å². The lowest BCUT2D eigenvalue weighted by atomic mass is 10.1. The summed E-state index contributed by atoms with van der Waals surface area (Å²) in [5.74, 6) is 0.240. The Morgan fingerprint density at radius 1 is 1.09 bits per heavy atom. The summed E-state index contributed by atoms with van der Waals surface area (Å²) < 4.78 is 16.5. The molecule has 0 unspecified atom stereocenters. The molecule has 34 heavy (non-hydrogen) atoms. The van der Waals surface area contributed by atoms with Crippen molar-refractivity contribution in [2.75, 3.05) is 7.11 Å². The van der Waals surface area contributed by atoms with Gasteiger partial charge in [-0.3, -0.25) is 10.1 Å². The molecule has 1 aliphatic heterocycles. The van der Waals surface area contributed by atoms with Gasteiger partial charge in [0.1, 0.15) is 6.61 Å². The van der Waals surface area contributed by atoms with E-state index in [0.29, 0.717) is 32.7 Å². The van der Waals surface area contributed by atoms with E-state index < -0.39 is 10.9 Å². The number of carbonyl (C=O) groups excluding carboxylic acids is 1. The molecule has 0 radical (unpaired) electrons. The Labute approximate surface area is 204 Å². The Morgan fingerprint density at radius 2 is 1.91 bits per heavy atom. The molecule has 3 aromatic carbocycles. The molecule has 0 saturated carbocycles. The van der Waals surface area contributed by atoms with Gasteiger partial charge in [0.15, 0.2) is 17.2 Å². The maximum atomic E-state index is 12.3. The second-order valence-corrected chi connectivity index (χ2v) is 7.92. The first-order chi connectivity index (χ1) is 16.3. The maximum absolute atomic E-state index is 12.3. The summed E-state index contributed by atoms with van der Waals surface area (Å²) in [6, 6.07) is 15.9. The van der Waals surface area contributed by atoms with Gasteiger partial charge in [0.2, 0.25) is 5.90 Å². The van der Waals surface area contributed by atoms with Crippen LogP contribution in [0, 0.1) is 10.1 Å². The quantitative estimate of drug-likeness (QED) is 0.175. The molecule has 10 heteroatoms. The van der Waals surface area contributed by atoms with E-state index in [1.807, 2.05) is 0 Å². The lowest BCUT2D eigenvalue weighted by Gasteiger charge is -2.12. The number of aliphatic imine (C=N–C) groups is 1. The molecule has 0 saturated heterocycles. The number of benzene rings is 3. The van der Waals surface area contributed by atoms with Crippen molar-refractivity contribution in [1.29, 1.82) is 0 Å². The Hall–Kier alpha value is -3.88. The van der Waals surface area contributed by atoms with Gasteiger partial charge in [0.05, 0.1) is 12.0 Å². The summed E-state index contributed by atoms with van der Waals surface area (Å²) in [5.41, 5.74) is 1.62. The summed E-state index contributed by atoms with van der Waals surface area (Å²) in [6.07, 6.45) is 1.52. The summed E-state index contributed by atoms with van der Waals surface area (Å²) >= 11 is 12.1. The number of methoxy groups -OCH3 is 1. The van der Waals surface area contributed by atoms with E-state index in [9.17, 15) is 14.9 Å². The zero-order valence-electron chi connectivity index (χ0n) is 17.7. The van der Waals surface area contributed by atoms with Crippen LogP contribution in [0.15, 0.2) is 71.4 Å². The van der Waals surface area contributed by atoms with Gasteiger partial charge >= 0.3 is 5.97 Å². The number of esters is 1. The second kappa shape index (κ2) is 9.94. The molecule has 1 heterocycles. The van der Waals surface area contributed by atoms with Crippen LogP contribution >= 0.6 is 23.2 Å². The number of nitrogens with zero attached hydrogens (tertiary/aromatic N) is 2. The zero-order valence-corrected chi connectivity index (χ0v) is 19.2. The SMILES string of the molecule is COc1cc(/C=C2\N=C(c3cccc([N+](=O)[O-])c3)OC2=O)ccc1OCc1ccc(Cl)cc1Cl. The van der Waals surface area contributed by atoms with Crippen molar-refractivity contribution in [3.05, 3.63) is 103 Å². The zero-order chi connectivity index (χ0) is 24.2. The normalized spacial score (nSPS) is 14.0. The summed E-state index contributed by atoms with van der Waals surface area (Å²) in [6.45, 7) is 0.204. The minimum Gasteiger partial charge on any atom is -0.493 e. The van der Waals surface area contributed by atoms with Gasteiger partial charge in [-0.05, 0) is 42.0 Å². The van der Waals surface area contributed by atoms with Crippen LogP contribution < -0.4 is 9.47 Å². The number of ether oxygens (including phenoxy) is 3. The minimum atomic E-state index is -0.668. The van der Waals surface area contributed by atoms with Crippen LogP contribution in [0.3, 0.4) is 0 Å². The molecule has 0 amide bonds. The Balaban J connectivity index is 1.55. The predicted molar refractivity (Wildman–Crippen MR) is 127 cm³/mol. The molecular weight excluding hydrogens is 483 g/mol. The molecule has 8 nitrogen and oxygen atoms in total. The highest BCUT2D eigenvalue weighted by atomic mass is 35.5. The topological polar surface area (TPSA) is 100 Å². The van der Waals surface area contributed by atoms with Crippen LogP contribution in [0.5, 0.6) is 11.5 Å². The molecule has 1 aliphatic rings. The van der Waals surface area contributed by atoms with Gasteiger partial charge < -0.3 is 14.2 Å². The van der Waals surface area contributed by atoms with Crippen LogP contribution in [0.4, 0.5) is 5.69 Å². The first kappa shape index (κ1) is 23.3. The molecule has 0 fully saturated rings. The Kier molecular flexibility index (Phi) is 6.81. The van der Waals surface area contributed by atoms with E-state index in [1.165, 1.54) is 31.4 Å². The van der Waals surface area contributed by atoms with Gasteiger partial charge in [-0.2, -0.15) is 0 Å². The van der Waals surface area contributed by atoms with Crippen molar-refractivity contribution in [3.63, 3.8) is 0 Å². The number of cyclic esters (lactones) is 1. The van der Waals surface area contributed by atoms with Crippen molar-refractivity contribution in [2.45, 2.75) is 6.61 Å². The predicted octanol–water partition coefficient (Wildman–Crippen LogP) is 5.83. The fourth-order valence-electron chi connectivity index (χ4n) is 3.13. The van der Waals surface area contributed by atoms with E-state index in [0.717, 1.165) is 5.56 Å². The van der Waals surface area contributed by atoms with Crippen LogP contribution in [-0.4, -0.2) is 23.9 Å². The fourth-order valence-corrected chi connectivity index (χ4v) is 3.59. The van der Waals surface area contributed by atoms with Gasteiger partial charge in [-0.1, -0.05) is 41.4 Å². The standard InChI is InChI=1S/C24H16Cl2N2O6/c1-32-22-10-14(5-8-21(22)33-13-16-6-7-17(25)12-19(16)26)9-20-24(29)34-23(27-20)15-3-2-4-18(11-15)28(30)31/h2-12H,13H2,1H3/b20-9-. The van der Waals surface area contributed by atoms with Crippen LogP contribution in [0.2, 0.25) is 10.0 Å². The molecule has 4 rings (SSSR count). The third-order valence-corrected chi connectivity index (χ3v) is 5.40. The highest BCUT2D eigenvalue weighted by Gasteiger charge is 2.25. The van der Waals surface area contributed by atoms with Crippen molar-refractivity contribution < 1.29 is 23.9 Å². The van der Waals surface area contributed by atoms with Crippen LogP contribution in [0.1, 0.15) is 16.7 Å². The maximum Gasteiger partial charge on any atom is 0.363 e. The molecule has 0 aromatic heterocycles. The molecule has 0 N–H and O–H groups in total. The number of halogens is 2. The van der Waals surface area contributed by atoms with Crippen molar-refractivity contribution >= 4 is 46.8 Å². The molecule has 0 atom stereocenters. The monoisotopic (exact) mass is 498 g/mol. The number of non-ortho nitro benzene ring substituents is 1. The third-order valence-electron chi connectivity index (χ3n) is 4.81. The first-order valence-electron chi connectivity index (χ1n) is 9.86. The summed E-state index contributed by atoms with van der Waals surface area (Å²) in [5, 5.41) is 12.0. The smallest absolute Gasteiger partial charge is 0.363 e.